The van der Waals surface area contributed by atoms with Crippen LogP contribution < -0.4 is 0 Å². The molecule has 0 aliphatic heterocycles. The standard InChI is InChI=1S/C11H14N4S/c1-3-10-13-14-11(16)15(10)7-9-5-4-8(2)12-6-9/h4-6H,3,7H2,1-2H3,(H,14,16). The van der Waals surface area contributed by atoms with Crippen LogP contribution in [0.3, 0.4) is 0 Å². The topological polar surface area (TPSA) is 46.5 Å². The van der Waals surface area contributed by atoms with Crippen LogP contribution in [0.25, 0.3) is 0 Å². The Hall–Kier alpha value is -1.49. The van der Waals surface area contributed by atoms with E-state index in [2.05, 4.69) is 28.2 Å². The highest BCUT2D eigenvalue weighted by Gasteiger charge is 2.04. The van der Waals surface area contributed by atoms with Gasteiger partial charge in [0.2, 0.25) is 0 Å². The Bertz CT molecular complexity index is 524. The highest BCUT2D eigenvalue weighted by Crippen LogP contribution is 2.06. The van der Waals surface area contributed by atoms with E-state index < -0.39 is 0 Å². The second-order valence-electron chi connectivity index (χ2n) is 3.69. The van der Waals surface area contributed by atoms with Crippen molar-refractivity contribution in [1.82, 2.24) is 19.7 Å². The highest BCUT2D eigenvalue weighted by atomic mass is 32.1. The van der Waals surface area contributed by atoms with Gasteiger partial charge in [0.15, 0.2) is 4.77 Å². The van der Waals surface area contributed by atoms with Crippen LogP contribution in [0.4, 0.5) is 0 Å². The van der Waals surface area contributed by atoms with Gasteiger partial charge in [0.05, 0.1) is 6.54 Å². The van der Waals surface area contributed by atoms with Gasteiger partial charge in [-0.2, -0.15) is 5.10 Å². The van der Waals surface area contributed by atoms with Gasteiger partial charge < -0.3 is 0 Å². The summed E-state index contributed by atoms with van der Waals surface area (Å²) in [5, 5.41) is 6.99. The molecule has 0 atom stereocenters. The van der Waals surface area contributed by atoms with Crippen molar-refractivity contribution in [3.05, 3.63) is 40.2 Å². The van der Waals surface area contributed by atoms with E-state index in [1.54, 1.807) is 0 Å². The van der Waals surface area contributed by atoms with Crippen molar-refractivity contribution in [1.29, 1.82) is 0 Å². The number of hydrogen-bond donors (Lipinski definition) is 1. The van der Waals surface area contributed by atoms with Crippen molar-refractivity contribution in [2.75, 3.05) is 0 Å². The summed E-state index contributed by atoms with van der Waals surface area (Å²) in [6.45, 7) is 4.77. The van der Waals surface area contributed by atoms with E-state index in [4.69, 9.17) is 12.2 Å². The Morgan fingerprint density at radius 2 is 2.25 bits per heavy atom. The number of hydrogen-bond acceptors (Lipinski definition) is 3. The molecule has 1 N–H and O–H groups in total. The molecule has 2 rings (SSSR count). The number of nitrogens with one attached hydrogen (secondary N) is 1. The third-order valence-electron chi connectivity index (χ3n) is 2.47. The molecule has 2 aromatic heterocycles. The summed E-state index contributed by atoms with van der Waals surface area (Å²) >= 11 is 5.19. The molecule has 0 aliphatic carbocycles. The summed E-state index contributed by atoms with van der Waals surface area (Å²) in [6, 6.07) is 4.07. The molecule has 0 fully saturated rings. The van der Waals surface area contributed by atoms with Gasteiger partial charge in [0.25, 0.3) is 0 Å². The predicted molar refractivity (Wildman–Crippen MR) is 64.9 cm³/mol. The average molecular weight is 234 g/mol. The van der Waals surface area contributed by atoms with Gasteiger partial charge in [-0.1, -0.05) is 13.0 Å². The van der Waals surface area contributed by atoms with Gasteiger partial charge >= 0.3 is 0 Å². The van der Waals surface area contributed by atoms with Gasteiger partial charge in [-0.3, -0.25) is 14.6 Å². The fourth-order valence-electron chi connectivity index (χ4n) is 1.56. The molecule has 84 valence electrons. The Balaban J connectivity index is 2.29. The molecular weight excluding hydrogens is 220 g/mol. The first-order valence-corrected chi connectivity index (χ1v) is 5.67. The summed E-state index contributed by atoms with van der Waals surface area (Å²) < 4.78 is 2.67. The van der Waals surface area contributed by atoms with Crippen molar-refractivity contribution in [3.8, 4) is 0 Å². The van der Waals surface area contributed by atoms with Crippen molar-refractivity contribution in [2.45, 2.75) is 26.8 Å². The number of aromatic nitrogens is 4. The fourth-order valence-corrected chi connectivity index (χ4v) is 1.77. The lowest BCUT2D eigenvalue weighted by Crippen LogP contribution is -2.05. The fraction of sp³-hybridized carbons (Fsp3) is 0.364. The Morgan fingerprint density at radius 3 is 2.88 bits per heavy atom. The summed E-state index contributed by atoms with van der Waals surface area (Å²) in [5.41, 5.74) is 2.16. The molecule has 16 heavy (non-hydrogen) atoms. The molecule has 5 heteroatoms. The summed E-state index contributed by atoms with van der Waals surface area (Å²) in [5.74, 6) is 0.977. The molecule has 0 radical (unpaired) electrons. The molecule has 0 spiro atoms. The lowest BCUT2D eigenvalue weighted by molar-refractivity contribution is 0.721. The van der Waals surface area contributed by atoms with Gasteiger partial charge in [0, 0.05) is 18.3 Å². The normalized spacial score (nSPS) is 10.6. The maximum Gasteiger partial charge on any atom is 0.195 e. The van der Waals surface area contributed by atoms with Crippen LogP contribution in [-0.4, -0.2) is 19.7 Å². The highest BCUT2D eigenvalue weighted by molar-refractivity contribution is 7.71. The predicted octanol–water partition coefficient (Wildman–Crippen LogP) is 2.25. The van der Waals surface area contributed by atoms with E-state index in [0.717, 1.165) is 30.0 Å². The second-order valence-corrected chi connectivity index (χ2v) is 4.08. The van der Waals surface area contributed by atoms with Crippen LogP contribution in [0.1, 0.15) is 24.0 Å². The Morgan fingerprint density at radius 1 is 1.44 bits per heavy atom. The number of nitrogens with zero attached hydrogens (tertiary/aromatic N) is 3. The van der Waals surface area contributed by atoms with Crippen molar-refractivity contribution in [2.24, 2.45) is 0 Å². The third kappa shape index (κ3) is 2.19. The first-order chi connectivity index (χ1) is 7.70. The molecule has 0 unspecified atom stereocenters. The Labute approximate surface area is 99.4 Å². The maximum atomic E-state index is 5.19. The minimum atomic E-state index is 0.664. The van der Waals surface area contributed by atoms with Gasteiger partial charge in [-0.25, -0.2) is 0 Å². The molecule has 0 saturated carbocycles. The maximum absolute atomic E-state index is 5.19. The molecular formula is C11H14N4S. The summed E-state index contributed by atoms with van der Waals surface area (Å²) in [7, 11) is 0. The summed E-state index contributed by atoms with van der Waals surface area (Å²) in [4.78, 5) is 4.27. The monoisotopic (exact) mass is 234 g/mol. The lowest BCUT2D eigenvalue weighted by atomic mass is 10.2. The smallest absolute Gasteiger partial charge is 0.195 e. The van der Waals surface area contributed by atoms with E-state index in [-0.39, 0.29) is 0 Å². The van der Waals surface area contributed by atoms with E-state index in [0.29, 0.717) is 4.77 Å². The van der Waals surface area contributed by atoms with Crippen LogP contribution in [0.15, 0.2) is 18.3 Å². The van der Waals surface area contributed by atoms with Gasteiger partial charge in [-0.15, -0.1) is 0 Å². The number of aromatic amines is 1. The molecule has 0 saturated heterocycles. The van der Waals surface area contributed by atoms with Crippen LogP contribution >= 0.6 is 12.2 Å². The Kier molecular flexibility index (Phi) is 3.14. The van der Waals surface area contributed by atoms with Crippen LogP contribution in [0, 0.1) is 11.7 Å². The zero-order chi connectivity index (χ0) is 11.5. The quantitative estimate of drug-likeness (QED) is 0.829. The number of aryl methyl sites for hydroxylation is 2. The molecule has 0 bridgehead atoms. The SMILES string of the molecule is CCc1n[nH]c(=S)n1Cc1ccc(C)nc1. The average Bonchev–Trinajstić information content (AvgIpc) is 2.63. The number of H-pyrrole nitrogens is 1. The van der Waals surface area contributed by atoms with Crippen molar-refractivity contribution < 1.29 is 0 Å². The number of pyridine rings is 1. The number of rotatable bonds is 3. The molecule has 4 nitrogen and oxygen atoms in total. The zero-order valence-corrected chi connectivity index (χ0v) is 10.2. The largest absolute Gasteiger partial charge is 0.300 e. The molecule has 2 heterocycles. The lowest BCUT2D eigenvalue weighted by Gasteiger charge is -2.05. The van der Waals surface area contributed by atoms with E-state index in [1.807, 2.05) is 23.8 Å². The first kappa shape index (κ1) is 11.0. The minimum Gasteiger partial charge on any atom is -0.300 e. The van der Waals surface area contributed by atoms with Crippen LogP contribution in [-0.2, 0) is 13.0 Å². The van der Waals surface area contributed by atoms with Crippen LogP contribution in [0.2, 0.25) is 0 Å². The van der Waals surface area contributed by atoms with E-state index in [1.165, 1.54) is 0 Å². The van der Waals surface area contributed by atoms with Gasteiger partial charge in [0.1, 0.15) is 5.82 Å². The van der Waals surface area contributed by atoms with Crippen LogP contribution in [0.5, 0.6) is 0 Å². The van der Waals surface area contributed by atoms with Crippen molar-refractivity contribution in [3.63, 3.8) is 0 Å². The second kappa shape index (κ2) is 4.57. The molecule has 0 amide bonds. The van der Waals surface area contributed by atoms with E-state index >= 15 is 0 Å². The zero-order valence-electron chi connectivity index (χ0n) is 9.40. The summed E-state index contributed by atoms with van der Waals surface area (Å²) in [6.07, 6.45) is 2.75. The van der Waals surface area contributed by atoms with Gasteiger partial charge in [-0.05, 0) is 30.8 Å². The minimum absolute atomic E-state index is 0.664. The third-order valence-corrected chi connectivity index (χ3v) is 2.78. The molecule has 2 aromatic rings. The van der Waals surface area contributed by atoms with E-state index in [9.17, 15) is 0 Å². The van der Waals surface area contributed by atoms with Crippen molar-refractivity contribution >= 4 is 12.2 Å². The molecule has 0 aromatic carbocycles. The molecule has 0 aliphatic rings. The first-order valence-electron chi connectivity index (χ1n) is 5.26.